The Morgan fingerprint density at radius 1 is 1.24 bits per heavy atom. The third-order valence-corrected chi connectivity index (χ3v) is 3.83. The number of aromatic nitrogens is 2. The van der Waals surface area contributed by atoms with Crippen LogP contribution in [-0.2, 0) is 0 Å². The fraction of sp³-hybridized carbons (Fsp3) is 0.0714. The van der Waals surface area contributed by atoms with E-state index in [1.807, 2.05) is 25.1 Å². The van der Waals surface area contributed by atoms with E-state index in [4.69, 9.17) is 5.84 Å². The van der Waals surface area contributed by atoms with Crippen LogP contribution < -0.4 is 16.6 Å². The number of benzene rings is 1. The number of hydrazine groups is 1. The Balaban J connectivity index is 1.85. The fourth-order valence-electron chi connectivity index (χ4n) is 1.89. The van der Waals surface area contributed by atoms with E-state index in [0.29, 0.717) is 10.9 Å². The lowest BCUT2D eigenvalue weighted by Gasteiger charge is -2.03. The van der Waals surface area contributed by atoms with Gasteiger partial charge in [-0.2, -0.15) is 0 Å². The molecule has 2 heterocycles. The van der Waals surface area contributed by atoms with E-state index in [9.17, 15) is 4.79 Å². The lowest BCUT2D eigenvalue weighted by atomic mass is 10.2. The molecule has 0 aliphatic heterocycles. The topological polar surface area (TPSA) is 92.9 Å². The van der Waals surface area contributed by atoms with Gasteiger partial charge in [0, 0.05) is 0 Å². The lowest BCUT2D eigenvalue weighted by molar-refractivity contribution is 0.102. The number of anilines is 2. The van der Waals surface area contributed by atoms with Crippen LogP contribution in [0.5, 0.6) is 0 Å². The maximum Gasteiger partial charge on any atom is 0.276 e. The van der Waals surface area contributed by atoms with Crippen LogP contribution in [-0.4, -0.2) is 15.9 Å². The molecule has 1 aromatic carbocycles. The summed E-state index contributed by atoms with van der Waals surface area (Å²) in [5.74, 6) is 5.40. The van der Waals surface area contributed by atoms with Crippen LogP contribution in [0.25, 0.3) is 10.2 Å². The number of aryl methyl sites for hydroxylation is 1. The van der Waals surface area contributed by atoms with Crippen LogP contribution in [0.15, 0.2) is 36.4 Å². The highest BCUT2D eigenvalue weighted by Gasteiger charge is 2.11. The highest BCUT2D eigenvalue weighted by molar-refractivity contribution is 7.22. The van der Waals surface area contributed by atoms with Crippen LogP contribution in [0.4, 0.5) is 10.9 Å². The molecule has 3 aromatic rings. The second kappa shape index (κ2) is 5.47. The normalized spacial score (nSPS) is 10.6. The van der Waals surface area contributed by atoms with Gasteiger partial charge in [0.25, 0.3) is 5.91 Å². The molecule has 0 radical (unpaired) electrons. The van der Waals surface area contributed by atoms with Crippen molar-refractivity contribution < 1.29 is 4.79 Å². The summed E-state index contributed by atoms with van der Waals surface area (Å²) < 4.78 is 1.04. The van der Waals surface area contributed by atoms with E-state index < -0.39 is 0 Å². The number of nitrogens with two attached hydrogens (primary N) is 1. The van der Waals surface area contributed by atoms with Gasteiger partial charge in [0.1, 0.15) is 11.5 Å². The van der Waals surface area contributed by atoms with Gasteiger partial charge in [0.15, 0.2) is 5.13 Å². The van der Waals surface area contributed by atoms with Crippen LogP contribution in [0, 0.1) is 6.92 Å². The zero-order chi connectivity index (χ0) is 14.8. The zero-order valence-electron chi connectivity index (χ0n) is 11.3. The summed E-state index contributed by atoms with van der Waals surface area (Å²) in [4.78, 5) is 20.6. The third kappa shape index (κ3) is 2.83. The van der Waals surface area contributed by atoms with Crippen molar-refractivity contribution in [1.29, 1.82) is 0 Å². The molecule has 106 valence electrons. The minimum absolute atomic E-state index is 0.279. The van der Waals surface area contributed by atoms with Gasteiger partial charge in [-0.05, 0) is 36.8 Å². The van der Waals surface area contributed by atoms with Crippen molar-refractivity contribution in [2.24, 2.45) is 5.84 Å². The van der Waals surface area contributed by atoms with Crippen molar-refractivity contribution in [3.63, 3.8) is 0 Å². The fourth-order valence-corrected chi connectivity index (χ4v) is 2.85. The number of pyridine rings is 1. The van der Waals surface area contributed by atoms with E-state index in [0.717, 1.165) is 15.8 Å². The minimum Gasteiger partial charge on any atom is -0.308 e. The number of nitrogen functional groups attached to an aromatic ring is 1. The maximum atomic E-state index is 12.2. The minimum atomic E-state index is -0.317. The van der Waals surface area contributed by atoms with Crippen molar-refractivity contribution >= 4 is 38.4 Å². The molecule has 0 spiro atoms. The molecule has 1 amide bonds. The first-order chi connectivity index (χ1) is 10.2. The Hall–Kier alpha value is -2.51. The summed E-state index contributed by atoms with van der Waals surface area (Å²) in [7, 11) is 0. The van der Waals surface area contributed by atoms with Gasteiger partial charge >= 0.3 is 0 Å². The highest BCUT2D eigenvalue weighted by Crippen LogP contribution is 2.26. The van der Waals surface area contributed by atoms with Crippen molar-refractivity contribution in [2.45, 2.75) is 6.92 Å². The number of carbonyl (C=O) groups excluding carboxylic acids is 1. The highest BCUT2D eigenvalue weighted by atomic mass is 32.1. The molecule has 0 fully saturated rings. The number of carbonyl (C=O) groups is 1. The first-order valence-corrected chi connectivity index (χ1v) is 7.09. The predicted molar refractivity (Wildman–Crippen MR) is 84.4 cm³/mol. The SMILES string of the molecule is Cc1ccc2nc(NC(=O)c3cccc(NN)n3)sc2c1. The number of hydrogen-bond donors (Lipinski definition) is 3. The number of fused-ring (bicyclic) bond motifs is 1. The molecule has 0 bridgehead atoms. The van der Waals surface area contributed by atoms with E-state index in [2.05, 4.69) is 20.7 Å². The van der Waals surface area contributed by atoms with Gasteiger partial charge in [-0.15, -0.1) is 0 Å². The van der Waals surface area contributed by atoms with E-state index in [-0.39, 0.29) is 11.6 Å². The molecule has 0 saturated heterocycles. The average molecular weight is 299 g/mol. The molecule has 0 aliphatic carbocycles. The van der Waals surface area contributed by atoms with E-state index in [1.54, 1.807) is 18.2 Å². The van der Waals surface area contributed by atoms with E-state index >= 15 is 0 Å². The van der Waals surface area contributed by atoms with Gasteiger partial charge in [0.05, 0.1) is 10.2 Å². The maximum absolute atomic E-state index is 12.2. The first kappa shape index (κ1) is 13.5. The summed E-state index contributed by atoms with van der Waals surface area (Å²) in [5, 5.41) is 3.31. The monoisotopic (exact) mass is 299 g/mol. The lowest BCUT2D eigenvalue weighted by Crippen LogP contribution is -2.15. The molecule has 0 aliphatic rings. The Labute approximate surface area is 125 Å². The zero-order valence-corrected chi connectivity index (χ0v) is 12.1. The number of nitrogens with zero attached hydrogens (tertiary/aromatic N) is 2. The van der Waals surface area contributed by atoms with E-state index in [1.165, 1.54) is 11.3 Å². The quantitative estimate of drug-likeness (QED) is 0.510. The molecule has 7 heteroatoms. The Morgan fingerprint density at radius 3 is 2.90 bits per heavy atom. The number of amides is 1. The molecule has 3 rings (SSSR count). The van der Waals surface area contributed by atoms with Crippen LogP contribution >= 0.6 is 11.3 Å². The van der Waals surface area contributed by atoms with Crippen LogP contribution in [0.3, 0.4) is 0 Å². The molecule has 6 nitrogen and oxygen atoms in total. The van der Waals surface area contributed by atoms with Gasteiger partial charge in [-0.25, -0.2) is 15.8 Å². The number of hydrogen-bond acceptors (Lipinski definition) is 6. The second-order valence-corrected chi connectivity index (χ2v) is 5.53. The molecule has 0 unspecified atom stereocenters. The van der Waals surface area contributed by atoms with Crippen LogP contribution in [0.2, 0.25) is 0 Å². The number of thiazole rings is 1. The van der Waals surface area contributed by atoms with Gasteiger partial charge < -0.3 is 5.43 Å². The number of rotatable bonds is 3. The Morgan fingerprint density at radius 2 is 2.10 bits per heavy atom. The van der Waals surface area contributed by atoms with Crippen molar-refractivity contribution in [3.05, 3.63) is 47.7 Å². The molecular weight excluding hydrogens is 286 g/mol. The Kier molecular flexibility index (Phi) is 3.51. The number of nitrogens with one attached hydrogen (secondary N) is 2. The summed E-state index contributed by atoms with van der Waals surface area (Å²) in [6, 6.07) is 11.0. The molecule has 0 saturated carbocycles. The molecule has 2 aromatic heterocycles. The summed E-state index contributed by atoms with van der Waals surface area (Å²) in [6.07, 6.45) is 0. The standard InChI is InChI=1S/C14H13N5OS/c1-8-5-6-9-11(7-8)21-14(17-9)18-13(20)10-3-2-4-12(16-10)19-15/h2-7H,15H2,1H3,(H,16,19)(H,17,18,20). The first-order valence-electron chi connectivity index (χ1n) is 6.28. The molecule has 21 heavy (non-hydrogen) atoms. The summed E-state index contributed by atoms with van der Waals surface area (Å²) >= 11 is 1.43. The largest absolute Gasteiger partial charge is 0.308 e. The molecular formula is C14H13N5OS. The van der Waals surface area contributed by atoms with Crippen molar-refractivity contribution in [3.8, 4) is 0 Å². The van der Waals surface area contributed by atoms with Gasteiger partial charge in [-0.1, -0.05) is 23.5 Å². The average Bonchev–Trinajstić information content (AvgIpc) is 2.88. The van der Waals surface area contributed by atoms with Gasteiger partial charge in [-0.3, -0.25) is 10.1 Å². The van der Waals surface area contributed by atoms with Crippen molar-refractivity contribution in [1.82, 2.24) is 9.97 Å². The predicted octanol–water partition coefficient (Wildman–Crippen LogP) is 2.54. The third-order valence-electron chi connectivity index (χ3n) is 2.89. The summed E-state index contributed by atoms with van der Waals surface area (Å²) in [5.41, 5.74) is 4.71. The molecule has 4 N–H and O–H groups in total. The Bertz CT molecular complexity index is 814. The van der Waals surface area contributed by atoms with Crippen LogP contribution in [0.1, 0.15) is 16.1 Å². The van der Waals surface area contributed by atoms with Crippen molar-refractivity contribution in [2.75, 3.05) is 10.7 Å². The molecule has 0 atom stereocenters. The summed E-state index contributed by atoms with van der Waals surface area (Å²) in [6.45, 7) is 2.02. The smallest absolute Gasteiger partial charge is 0.276 e. The van der Waals surface area contributed by atoms with Gasteiger partial charge in [0.2, 0.25) is 0 Å². The second-order valence-electron chi connectivity index (χ2n) is 4.50.